The summed E-state index contributed by atoms with van der Waals surface area (Å²) in [5.41, 5.74) is 2.99. The second-order valence-corrected chi connectivity index (χ2v) is 6.71. The third kappa shape index (κ3) is 6.29. The number of rotatable bonds is 8. The lowest BCUT2D eigenvalue weighted by molar-refractivity contribution is -0.142. The number of benzene rings is 2. The monoisotopic (exact) mass is 367 g/mol. The van der Waals surface area contributed by atoms with E-state index in [9.17, 15) is 9.59 Å². The Kier molecular flexibility index (Phi) is 7.17. The van der Waals surface area contributed by atoms with Gasteiger partial charge in [-0.15, -0.1) is 0 Å². The molecule has 0 aliphatic rings. The number of hydrogen-bond donors (Lipinski definition) is 2. The number of para-hydroxylation sites is 1. The van der Waals surface area contributed by atoms with Crippen LogP contribution >= 0.6 is 0 Å². The number of aryl methyl sites for hydroxylation is 1. The molecule has 142 valence electrons. The highest BCUT2D eigenvalue weighted by Gasteiger charge is 2.22. The predicted molar refractivity (Wildman–Crippen MR) is 105 cm³/mol. The van der Waals surface area contributed by atoms with Crippen LogP contribution in [0.4, 0.5) is 0 Å². The summed E-state index contributed by atoms with van der Waals surface area (Å²) in [5, 5.41) is 11.7. The summed E-state index contributed by atoms with van der Waals surface area (Å²) in [5.74, 6) is -1.05. The Hall–Kier alpha value is -3.08. The van der Waals surface area contributed by atoms with Crippen molar-refractivity contribution in [3.63, 3.8) is 0 Å². The van der Waals surface area contributed by atoms with Crippen LogP contribution in [0.25, 0.3) is 6.08 Å². The van der Waals surface area contributed by atoms with Crippen LogP contribution < -0.4 is 10.1 Å². The number of carboxylic acids is 1. The van der Waals surface area contributed by atoms with E-state index in [1.165, 1.54) is 11.6 Å². The van der Waals surface area contributed by atoms with E-state index in [1.54, 1.807) is 19.9 Å². The van der Waals surface area contributed by atoms with E-state index in [4.69, 9.17) is 9.84 Å². The highest BCUT2D eigenvalue weighted by Crippen LogP contribution is 2.21. The Morgan fingerprint density at radius 1 is 1.11 bits per heavy atom. The van der Waals surface area contributed by atoms with Gasteiger partial charge in [-0.1, -0.05) is 61.9 Å². The fourth-order valence-corrected chi connectivity index (χ4v) is 2.48. The van der Waals surface area contributed by atoms with Gasteiger partial charge in [-0.05, 0) is 30.5 Å². The summed E-state index contributed by atoms with van der Waals surface area (Å²) in [6.45, 7) is 5.95. The molecule has 0 saturated carbocycles. The number of hydrogen-bond acceptors (Lipinski definition) is 3. The maximum absolute atomic E-state index is 12.1. The van der Waals surface area contributed by atoms with E-state index < -0.39 is 17.9 Å². The topological polar surface area (TPSA) is 75.6 Å². The smallest absolute Gasteiger partial charge is 0.326 e. The van der Waals surface area contributed by atoms with Gasteiger partial charge >= 0.3 is 5.97 Å². The van der Waals surface area contributed by atoms with E-state index in [0.717, 1.165) is 11.1 Å². The zero-order valence-corrected chi connectivity index (χ0v) is 15.8. The van der Waals surface area contributed by atoms with E-state index in [0.29, 0.717) is 12.4 Å². The van der Waals surface area contributed by atoms with Crippen molar-refractivity contribution in [3.8, 4) is 5.75 Å². The molecule has 0 saturated heterocycles. The van der Waals surface area contributed by atoms with Crippen LogP contribution in [-0.4, -0.2) is 23.0 Å². The molecule has 0 aromatic heterocycles. The molecule has 0 spiro atoms. The molecule has 1 amide bonds. The van der Waals surface area contributed by atoms with Crippen molar-refractivity contribution in [2.45, 2.75) is 33.4 Å². The molecule has 0 radical (unpaired) electrons. The molecule has 2 N–H and O–H groups in total. The number of ether oxygens (including phenoxy) is 1. The molecule has 2 aromatic carbocycles. The highest BCUT2D eigenvalue weighted by molar-refractivity contribution is 5.94. The normalized spacial score (nSPS) is 12.1. The molecule has 27 heavy (non-hydrogen) atoms. The fraction of sp³-hybridized carbons (Fsp3) is 0.273. The third-order valence-corrected chi connectivity index (χ3v) is 4.08. The predicted octanol–water partition coefficient (Wildman–Crippen LogP) is 3.81. The Morgan fingerprint density at radius 2 is 1.78 bits per heavy atom. The summed E-state index contributed by atoms with van der Waals surface area (Å²) in [7, 11) is 0. The van der Waals surface area contributed by atoms with E-state index >= 15 is 0 Å². The fourth-order valence-electron chi connectivity index (χ4n) is 2.48. The Bertz CT molecular complexity index is 809. The molecule has 0 aliphatic heterocycles. The van der Waals surface area contributed by atoms with Gasteiger partial charge < -0.3 is 15.2 Å². The van der Waals surface area contributed by atoms with Gasteiger partial charge in [0.05, 0.1) is 0 Å². The van der Waals surface area contributed by atoms with Gasteiger partial charge in [-0.3, -0.25) is 4.79 Å². The molecular formula is C22H25NO4. The first-order valence-electron chi connectivity index (χ1n) is 8.85. The van der Waals surface area contributed by atoms with E-state index in [1.807, 2.05) is 55.5 Å². The summed E-state index contributed by atoms with van der Waals surface area (Å²) in [6.07, 6.45) is 2.95. The van der Waals surface area contributed by atoms with E-state index in [2.05, 4.69) is 5.32 Å². The SMILES string of the molecule is Cc1ccc(COc2ccccc2/C=C/C(=O)N[C@@H](C(=O)O)C(C)C)cc1. The van der Waals surface area contributed by atoms with Crippen LogP contribution in [0.3, 0.4) is 0 Å². The summed E-state index contributed by atoms with van der Waals surface area (Å²) in [6, 6.07) is 14.6. The first-order valence-corrected chi connectivity index (χ1v) is 8.85. The number of carbonyl (C=O) groups is 2. The minimum atomic E-state index is -1.05. The van der Waals surface area contributed by atoms with Crippen molar-refractivity contribution in [2.24, 2.45) is 5.92 Å². The van der Waals surface area contributed by atoms with Gasteiger partial charge in [-0.2, -0.15) is 0 Å². The quantitative estimate of drug-likeness (QED) is 0.696. The minimum absolute atomic E-state index is 0.204. The molecule has 2 rings (SSSR count). The van der Waals surface area contributed by atoms with Crippen LogP contribution in [0.5, 0.6) is 5.75 Å². The van der Waals surface area contributed by atoms with Gasteiger partial charge in [-0.25, -0.2) is 4.79 Å². The average Bonchev–Trinajstić information content (AvgIpc) is 2.64. The van der Waals surface area contributed by atoms with Crippen molar-refractivity contribution in [1.82, 2.24) is 5.32 Å². The van der Waals surface area contributed by atoms with Crippen LogP contribution in [0.2, 0.25) is 0 Å². The summed E-state index contributed by atoms with van der Waals surface area (Å²) >= 11 is 0. The number of aliphatic carboxylic acids is 1. The lowest BCUT2D eigenvalue weighted by Gasteiger charge is -2.16. The largest absolute Gasteiger partial charge is 0.488 e. The molecule has 0 heterocycles. The van der Waals surface area contributed by atoms with Crippen molar-refractivity contribution in [3.05, 3.63) is 71.3 Å². The zero-order chi connectivity index (χ0) is 19.8. The van der Waals surface area contributed by atoms with Crippen molar-refractivity contribution in [2.75, 3.05) is 0 Å². The van der Waals surface area contributed by atoms with Crippen molar-refractivity contribution >= 4 is 18.0 Å². The molecule has 1 atom stereocenters. The lowest BCUT2D eigenvalue weighted by atomic mass is 10.0. The molecule has 0 aliphatic carbocycles. The highest BCUT2D eigenvalue weighted by atomic mass is 16.5. The second kappa shape index (κ2) is 9.57. The molecule has 5 heteroatoms. The van der Waals surface area contributed by atoms with Crippen LogP contribution in [0.1, 0.15) is 30.5 Å². The number of amides is 1. The Labute approximate surface area is 159 Å². The second-order valence-electron chi connectivity index (χ2n) is 6.71. The van der Waals surface area contributed by atoms with Gasteiger partial charge in [0.2, 0.25) is 5.91 Å². The molecule has 0 bridgehead atoms. The standard InChI is InChI=1S/C22H25NO4/c1-15(2)21(22(25)26)23-20(24)13-12-18-6-4-5-7-19(18)27-14-17-10-8-16(3)9-11-17/h4-13,15,21H,14H2,1-3H3,(H,23,24)(H,25,26)/b13-12+/t21-/m1/s1. The summed E-state index contributed by atoms with van der Waals surface area (Å²) in [4.78, 5) is 23.2. The van der Waals surface area contributed by atoms with Crippen LogP contribution in [0.15, 0.2) is 54.6 Å². The Morgan fingerprint density at radius 3 is 2.41 bits per heavy atom. The molecular weight excluding hydrogens is 342 g/mol. The Balaban J connectivity index is 2.03. The molecule has 0 unspecified atom stereocenters. The zero-order valence-electron chi connectivity index (χ0n) is 15.8. The number of carbonyl (C=O) groups excluding carboxylic acids is 1. The van der Waals surface area contributed by atoms with Crippen molar-refractivity contribution < 1.29 is 19.4 Å². The van der Waals surface area contributed by atoms with Gasteiger partial charge in [0, 0.05) is 11.6 Å². The first-order chi connectivity index (χ1) is 12.9. The van der Waals surface area contributed by atoms with Gasteiger partial charge in [0.25, 0.3) is 0 Å². The molecule has 2 aromatic rings. The molecule has 0 fully saturated rings. The van der Waals surface area contributed by atoms with Crippen LogP contribution in [-0.2, 0) is 16.2 Å². The first kappa shape index (κ1) is 20.2. The van der Waals surface area contributed by atoms with Gasteiger partial charge in [0.15, 0.2) is 0 Å². The number of nitrogens with one attached hydrogen (secondary N) is 1. The third-order valence-electron chi connectivity index (χ3n) is 4.08. The lowest BCUT2D eigenvalue weighted by Crippen LogP contribution is -2.43. The average molecular weight is 367 g/mol. The van der Waals surface area contributed by atoms with Gasteiger partial charge in [0.1, 0.15) is 18.4 Å². The van der Waals surface area contributed by atoms with Crippen LogP contribution in [0, 0.1) is 12.8 Å². The van der Waals surface area contributed by atoms with Crippen molar-refractivity contribution in [1.29, 1.82) is 0 Å². The molecule has 5 nitrogen and oxygen atoms in total. The number of carboxylic acid groups (broad SMARTS) is 1. The summed E-state index contributed by atoms with van der Waals surface area (Å²) < 4.78 is 5.88. The van der Waals surface area contributed by atoms with E-state index in [-0.39, 0.29) is 5.92 Å². The maximum atomic E-state index is 12.1. The minimum Gasteiger partial charge on any atom is -0.488 e. The maximum Gasteiger partial charge on any atom is 0.326 e.